The van der Waals surface area contributed by atoms with E-state index in [2.05, 4.69) is 22.6 Å². The molecule has 1 saturated heterocycles. The first-order valence-corrected chi connectivity index (χ1v) is 12.6. The van der Waals surface area contributed by atoms with Crippen LogP contribution in [-0.2, 0) is 38.8 Å². The monoisotopic (exact) mass is 560 g/mol. The normalized spacial score (nSPS) is 25.1. The molecule has 4 rings (SSSR count). The van der Waals surface area contributed by atoms with Crippen molar-refractivity contribution in [2.24, 2.45) is 0 Å². The first-order valence-electron chi connectivity index (χ1n) is 11.1. The standard InChI is InChI=1S/C27H29IO5/c28-16-23-24(30-17-20-10-4-1-5-11-20)25(31-18-21-12-6-2-7-13-21)26(27(29)33-23)32-19-22-14-8-3-9-15-22/h1-15,23-27,29H,16-19H2/t23-,24-,25-,26-,27-/m1/s1. The molecule has 0 amide bonds. The number of alkyl halides is 1. The average Bonchev–Trinajstić information content (AvgIpc) is 2.87. The summed E-state index contributed by atoms with van der Waals surface area (Å²) in [6.45, 7) is 1.16. The summed E-state index contributed by atoms with van der Waals surface area (Å²) >= 11 is 2.26. The third-order valence-electron chi connectivity index (χ3n) is 5.62. The van der Waals surface area contributed by atoms with Gasteiger partial charge in [0.05, 0.1) is 25.9 Å². The lowest BCUT2D eigenvalue weighted by atomic mass is 9.98. The van der Waals surface area contributed by atoms with Gasteiger partial charge in [0.1, 0.15) is 18.3 Å². The molecule has 0 aliphatic carbocycles. The van der Waals surface area contributed by atoms with Gasteiger partial charge in [0.15, 0.2) is 6.29 Å². The van der Waals surface area contributed by atoms with Gasteiger partial charge >= 0.3 is 0 Å². The maximum absolute atomic E-state index is 10.8. The van der Waals surface area contributed by atoms with Gasteiger partial charge in [0.2, 0.25) is 0 Å². The van der Waals surface area contributed by atoms with Gasteiger partial charge in [0.25, 0.3) is 0 Å². The number of aliphatic hydroxyl groups excluding tert-OH is 1. The smallest absolute Gasteiger partial charge is 0.184 e. The summed E-state index contributed by atoms with van der Waals surface area (Å²) in [5, 5.41) is 10.8. The van der Waals surface area contributed by atoms with Crippen molar-refractivity contribution in [1.29, 1.82) is 0 Å². The maximum atomic E-state index is 10.8. The highest BCUT2D eigenvalue weighted by molar-refractivity contribution is 14.1. The fourth-order valence-corrected chi connectivity index (χ4v) is 4.60. The summed E-state index contributed by atoms with van der Waals surface area (Å²) in [4.78, 5) is 0. The molecule has 0 spiro atoms. The Morgan fingerprint density at radius 1 is 0.606 bits per heavy atom. The van der Waals surface area contributed by atoms with Crippen molar-refractivity contribution < 1.29 is 24.1 Å². The molecule has 5 nitrogen and oxygen atoms in total. The second-order valence-electron chi connectivity index (χ2n) is 8.00. The minimum Gasteiger partial charge on any atom is -0.368 e. The molecule has 6 heteroatoms. The van der Waals surface area contributed by atoms with Crippen molar-refractivity contribution in [3.05, 3.63) is 108 Å². The van der Waals surface area contributed by atoms with Crippen LogP contribution in [0.15, 0.2) is 91.0 Å². The van der Waals surface area contributed by atoms with E-state index in [0.29, 0.717) is 24.2 Å². The van der Waals surface area contributed by atoms with Gasteiger partial charge in [-0.25, -0.2) is 0 Å². The summed E-state index contributed by atoms with van der Waals surface area (Å²) < 4.78 is 25.5. The molecule has 1 N–H and O–H groups in total. The molecular formula is C27H29IO5. The van der Waals surface area contributed by atoms with E-state index in [4.69, 9.17) is 18.9 Å². The number of hydrogen-bond acceptors (Lipinski definition) is 5. The zero-order valence-electron chi connectivity index (χ0n) is 18.3. The van der Waals surface area contributed by atoms with E-state index in [-0.39, 0.29) is 6.10 Å². The van der Waals surface area contributed by atoms with Gasteiger partial charge in [-0.1, -0.05) is 114 Å². The molecule has 1 aliphatic rings. The SMILES string of the molecule is O[C@@H]1O[C@H](CI)[C@@H](OCc2ccccc2)[C@@H](OCc2ccccc2)[C@H]1OCc1ccccc1. The second-order valence-corrected chi connectivity index (χ2v) is 8.88. The number of hydrogen-bond donors (Lipinski definition) is 1. The van der Waals surface area contributed by atoms with Crippen LogP contribution in [0.1, 0.15) is 16.7 Å². The summed E-state index contributed by atoms with van der Waals surface area (Å²) in [7, 11) is 0. The number of halogens is 1. The molecule has 1 fully saturated rings. The summed E-state index contributed by atoms with van der Waals surface area (Å²) in [6.07, 6.45) is -3.00. The number of ether oxygens (including phenoxy) is 4. The van der Waals surface area contributed by atoms with Gasteiger partial charge in [0, 0.05) is 4.43 Å². The fourth-order valence-electron chi connectivity index (χ4n) is 3.89. The van der Waals surface area contributed by atoms with Crippen LogP contribution >= 0.6 is 22.6 Å². The van der Waals surface area contributed by atoms with Crippen LogP contribution in [0.3, 0.4) is 0 Å². The Bertz CT molecular complexity index is 941. The van der Waals surface area contributed by atoms with Gasteiger partial charge in [-0.15, -0.1) is 0 Å². The molecule has 3 aromatic carbocycles. The molecule has 1 aliphatic heterocycles. The third kappa shape index (κ3) is 6.85. The lowest BCUT2D eigenvalue weighted by molar-refractivity contribution is -0.306. The van der Waals surface area contributed by atoms with Crippen LogP contribution in [0, 0.1) is 0 Å². The molecule has 33 heavy (non-hydrogen) atoms. The Morgan fingerprint density at radius 3 is 1.42 bits per heavy atom. The summed E-state index contributed by atoms with van der Waals surface area (Å²) in [6, 6.07) is 29.9. The molecule has 1 heterocycles. The van der Waals surface area contributed by atoms with Crippen molar-refractivity contribution >= 4 is 22.6 Å². The molecule has 174 valence electrons. The van der Waals surface area contributed by atoms with Crippen LogP contribution in [0.4, 0.5) is 0 Å². The predicted molar refractivity (Wildman–Crippen MR) is 135 cm³/mol. The van der Waals surface area contributed by atoms with E-state index < -0.39 is 24.6 Å². The zero-order valence-corrected chi connectivity index (χ0v) is 20.5. The van der Waals surface area contributed by atoms with Gasteiger partial charge < -0.3 is 24.1 Å². The molecule has 0 saturated carbocycles. The Hall–Kier alpha value is -1.81. The Balaban J connectivity index is 1.53. The van der Waals surface area contributed by atoms with Crippen LogP contribution in [0.5, 0.6) is 0 Å². The van der Waals surface area contributed by atoms with Crippen molar-refractivity contribution in [3.8, 4) is 0 Å². The van der Waals surface area contributed by atoms with Crippen LogP contribution < -0.4 is 0 Å². The highest BCUT2D eigenvalue weighted by Gasteiger charge is 2.47. The second kappa shape index (κ2) is 12.6. The van der Waals surface area contributed by atoms with Gasteiger partial charge in [-0.2, -0.15) is 0 Å². The number of benzene rings is 3. The highest BCUT2D eigenvalue weighted by Crippen LogP contribution is 2.30. The minimum atomic E-state index is -1.11. The van der Waals surface area contributed by atoms with Gasteiger partial charge in [-0.3, -0.25) is 0 Å². The summed E-state index contributed by atoms with van der Waals surface area (Å²) in [5.74, 6) is 0. The van der Waals surface area contributed by atoms with Crippen molar-refractivity contribution in [2.75, 3.05) is 4.43 Å². The quantitative estimate of drug-likeness (QED) is 0.283. The van der Waals surface area contributed by atoms with Crippen molar-refractivity contribution in [3.63, 3.8) is 0 Å². The summed E-state index contributed by atoms with van der Waals surface area (Å²) in [5.41, 5.74) is 3.14. The van der Waals surface area contributed by atoms with E-state index in [1.165, 1.54) is 0 Å². The van der Waals surface area contributed by atoms with Crippen LogP contribution in [0.2, 0.25) is 0 Å². The molecule has 3 aromatic rings. The van der Waals surface area contributed by atoms with E-state index >= 15 is 0 Å². The molecule has 0 unspecified atom stereocenters. The van der Waals surface area contributed by atoms with Crippen LogP contribution in [-0.4, -0.2) is 40.2 Å². The van der Waals surface area contributed by atoms with Crippen molar-refractivity contribution in [1.82, 2.24) is 0 Å². The number of aliphatic hydroxyl groups is 1. The first-order chi connectivity index (χ1) is 16.2. The molecule has 0 aromatic heterocycles. The van der Waals surface area contributed by atoms with E-state index in [0.717, 1.165) is 16.7 Å². The topological polar surface area (TPSA) is 57.2 Å². The Morgan fingerprint density at radius 2 is 1.00 bits per heavy atom. The fraction of sp³-hybridized carbons (Fsp3) is 0.333. The molecule has 5 atom stereocenters. The molecular weight excluding hydrogens is 531 g/mol. The van der Waals surface area contributed by atoms with Crippen LogP contribution in [0.25, 0.3) is 0 Å². The average molecular weight is 560 g/mol. The number of rotatable bonds is 10. The van der Waals surface area contributed by atoms with E-state index in [1.54, 1.807) is 0 Å². The largest absolute Gasteiger partial charge is 0.368 e. The highest BCUT2D eigenvalue weighted by atomic mass is 127. The first kappa shape index (κ1) is 24.3. The zero-order chi connectivity index (χ0) is 22.9. The van der Waals surface area contributed by atoms with Crippen molar-refractivity contribution in [2.45, 2.75) is 50.5 Å². The Kier molecular flexibility index (Phi) is 9.28. The predicted octanol–water partition coefficient (Wildman–Crippen LogP) is 4.89. The van der Waals surface area contributed by atoms with E-state index in [1.807, 2.05) is 91.0 Å². The van der Waals surface area contributed by atoms with E-state index in [9.17, 15) is 5.11 Å². The third-order valence-corrected chi connectivity index (χ3v) is 6.49. The molecule has 0 radical (unpaired) electrons. The molecule has 0 bridgehead atoms. The maximum Gasteiger partial charge on any atom is 0.184 e. The lowest BCUT2D eigenvalue weighted by Gasteiger charge is -2.44. The lowest BCUT2D eigenvalue weighted by Crippen LogP contribution is -2.60. The minimum absolute atomic E-state index is 0.318. The van der Waals surface area contributed by atoms with Gasteiger partial charge in [-0.05, 0) is 16.7 Å². The Labute approximate surface area is 208 Å².